The van der Waals surface area contributed by atoms with Crippen LogP contribution in [0.5, 0.6) is 0 Å². The highest BCUT2D eigenvalue weighted by atomic mass is 35.5. The summed E-state index contributed by atoms with van der Waals surface area (Å²) in [6, 6.07) is 8.00. The van der Waals surface area contributed by atoms with E-state index in [4.69, 9.17) is 11.6 Å². The Balaban J connectivity index is 1.94. The molecule has 5 heteroatoms. The average molecular weight is 292 g/mol. The predicted octanol–water partition coefficient (Wildman–Crippen LogP) is 2.83. The van der Waals surface area contributed by atoms with Gasteiger partial charge in [0.25, 0.3) is 0 Å². The first-order valence-corrected chi connectivity index (χ1v) is 7.15. The minimum Gasteiger partial charge on any atom is -0.388 e. The molecule has 3 rings (SSSR count). The Morgan fingerprint density at radius 2 is 2.15 bits per heavy atom. The first-order chi connectivity index (χ1) is 9.58. The fraction of sp³-hybridized carbons (Fsp3) is 0.400. The normalized spacial score (nSPS) is 18.2. The minimum atomic E-state index is -0.369. The number of anilines is 1. The fourth-order valence-electron chi connectivity index (χ4n) is 2.81. The molecule has 0 bridgehead atoms. The van der Waals surface area contributed by atoms with Crippen LogP contribution in [0.25, 0.3) is 0 Å². The Morgan fingerprint density at radius 1 is 1.40 bits per heavy atom. The highest BCUT2D eigenvalue weighted by Gasteiger charge is 2.24. The van der Waals surface area contributed by atoms with E-state index in [2.05, 4.69) is 16.1 Å². The van der Waals surface area contributed by atoms with Crippen LogP contribution >= 0.6 is 11.6 Å². The Bertz CT molecular complexity index is 638. The maximum Gasteiger partial charge on any atom is 0.0865 e. The van der Waals surface area contributed by atoms with Gasteiger partial charge in [-0.3, -0.25) is 4.68 Å². The lowest BCUT2D eigenvalue weighted by Crippen LogP contribution is -2.31. The van der Waals surface area contributed by atoms with Gasteiger partial charge in [0, 0.05) is 24.8 Å². The zero-order valence-corrected chi connectivity index (χ0v) is 12.4. The zero-order chi connectivity index (χ0) is 14.3. The average Bonchev–Trinajstić information content (AvgIpc) is 2.68. The highest BCUT2D eigenvalue weighted by molar-refractivity contribution is 6.31. The van der Waals surface area contributed by atoms with E-state index in [-0.39, 0.29) is 6.10 Å². The van der Waals surface area contributed by atoms with Crippen molar-refractivity contribution in [1.29, 1.82) is 0 Å². The molecule has 1 aliphatic heterocycles. The van der Waals surface area contributed by atoms with Gasteiger partial charge in [-0.15, -0.1) is 0 Å². The van der Waals surface area contributed by atoms with Crippen molar-refractivity contribution in [1.82, 2.24) is 9.78 Å². The lowest BCUT2D eigenvalue weighted by atomic mass is 9.99. The first kappa shape index (κ1) is 13.5. The second-order valence-electron chi connectivity index (χ2n) is 5.25. The Hall–Kier alpha value is -1.52. The minimum absolute atomic E-state index is 0.369. The number of benzene rings is 1. The third-order valence-corrected chi connectivity index (χ3v) is 4.40. The van der Waals surface area contributed by atoms with Crippen LogP contribution in [0.4, 0.5) is 5.69 Å². The van der Waals surface area contributed by atoms with Gasteiger partial charge in [0.15, 0.2) is 0 Å². The SMILES string of the molecule is Cc1nn(C)c(CN2CCC(O)c3ccccc32)c1Cl. The molecule has 0 fully saturated rings. The first-order valence-electron chi connectivity index (χ1n) is 6.78. The monoisotopic (exact) mass is 291 g/mol. The zero-order valence-electron chi connectivity index (χ0n) is 11.7. The molecule has 0 radical (unpaired) electrons. The number of hydrogen-bond acceptors (Lipinski definition) is 3. The van der Waals surface area contributed by atoms with Gasteiger partial charge < -0.3 is 10.0 Å². The van der Waals surface area contributed by atoms with Crippen molar-refractivity contribution in [3.05, 3.63) is 46.2 Å². The van der Waals surface area contributed by atoms with Crippen molar-refractivity contribution in [2.45, 2.75) is 26.0 Å². The van der Waals surface area contributed by atoms with Gasteiger partial charge in [-0.2, -0.15) is 5.10 Å². The van der Waals surface area contributed by atoms with E-state index < -0.39 is 0 Å². The molecule has 1 aromatic heterocycles. The molecular weight excluding hydrogens is 274 g/mol. The second kappa shape index (κ2) is 5.11. The summed E-state index contributed by atoms with van der Waals surface area (Å²) in [5.41, 5.74) is 3.94. The van der Waals surface area contributed by atoms with E-state index in [1.165, 1.54) is 0 Å². The molecule has 1 N–H and O–H groups in total. The van der Waals surface area contributed by atoms with E-state index in [0.717, 1.165) is 40.6 Å². The van der Waals surface area contributed by atoms with Crippen LogP contribution in [-0.4, -0.2) is 21.4 Å². The number of halogens is 1. The summed E-state index contributed by atoms with van der Waals surface area (Å²) in [6.07, 6.45) is 0.372. The quantitative estimate of drug-likeness (QED) is 0.925. The molecular formula is C15H18ClN3O. The second-order valence-corrected chi connectivity index (χ2v) is 5.63. The molecule has 0 saturated carbocycles. The lowest BCUT2D eigenvalue weighted by molar-refractivity contribution is 0.164. The van der Waals surface area contributed by atoms with Gasteiger partial charge >= 0.3 is 0 Å². The van der Waals surface area contributed by atoms with Gasteiger partial charge in [-0.1, -0.05) is 29.8 Å². The third-order valence-electron chi connectivity index (χ3n) is 3.91. The number of fused-ring (bicyclic) bond motifs is 1. The third kappa shape index (κ3) is 2.19. The number of hydrogen-bond donors (Lipinski definition) is 1. The van der Waals surface area contributed by atoms with Crippen molar-refractivity contribution < 1.29 is 5.11 Å². The summed E-state index contributed by atoms with van der Waals surface area (Å²) in [7, 11) is 1.92. The number of para-hydroxylation sites is 1. The van der Waals surface area contributed by atoms with Crippen molar-refractivity contribution >= 4 is 17.3 Å². The molecule has 2 heterocycles. The number of aliphatic hydroxyl groups is 1. The number of rotatable bonds is 2. The van der Waals surface area contributed by atoms with E-state index in [9.17, 15) is 5.11 Å². The van der Waals surface area contributed by atoms with Gasteiger partial charge in [0.1, 0.15) is 0 Å². The van der Waals surface area contributed by atoms with Crippen molar-refractivity contribution in [3.8, 4) is 0 Å². The summed E-state index contributed by atoms with van der Waals surface area (Å²) in [6.45, 7) is 3.44. The topological polar surface area (TPSA) is 41.3 Å². The molecule has 1 unspecified atom stereocenters. The maximum atomic E-state index is 10.1. The number of aromatic nitrogens is 2. The van der Waals surface area contributed by atoms with Crippen molar-refractivity contribution in [3.63, 3.8) is 0 Å². The van der Waals surface area contributed by atoms with Crippen LogP contribution in [-0.2, 0) is 13.6 Å². The number of aryl methyl sites for hydroxylation is 2. The highest BCUT2D eigenvalue weighted by Crippen LogP contribution is 2.35. The molecule has 1 aliphatic rings. The van der Waals surface area contributed by atoms with Gasteiger partial charge in [0.2, 0.25) is 0 Å². The van der Waals surface area contributed by atoms with Crippen LogP contribution in [0.1, 0.15) is 29.5 Å². The van der Waals surface area contributed by atoms with Crippen molar-refractivity contribution in [2.75, 3.05) is 11.4 Å². The smallest absolute Gasteiger partial charge is 0.0865 e. The van der Waals surface area contributed by atoms with E-state index in [0.29, 0.717) is 6.54 Å². The number of aliphatic hydroxyl groups excluding tert-OH is 1. The van der Waals surface area contributed by atoms with E-state index >= 15 is 0 Å². The van der Waals surface area contributed by atoms with E-state index in [1.54, 1.807) is 0 Å². The molecule has 0 saturated heterocycles. The van der Waals surface area contributed by atoms with Crippen LogP contribution < -0.4 is 4.90 Å². The molecule has 2 aromatic rings. The Labute approximate surface area is 123 Å². The summed E-state index contributed by atoms with van der Waals surface area (Å²) >= 11 is 6.33. The van der Waals surface area contributed by atoms with Crippen LogP contribution in [0.2, 0.25) is 5.02 Å². The van der Waals surface area contributed by atoms with Gasteiger partial charge in [-0.05, 0) is 19.4 Å². The van der Waals surface area contributed by atoms with Gasteiger partial charge in [0.05, 0.1) is 29.1 Å². The molecule has 106 valence electrons. The molecule has 0 spiro atoms. The van der Waals surface area contributed by atoms with Crippen LogP contribution in [0.3, 0.4) is 0 Å². The predicted molar refractivity (Wildman–Crippen MR) is 80.0 cm³/mol. The molecule has 20 heavy (non-hydrogen) atoms. The lowest BCUT2D eigenvalue weighted by Gasteiger charge is -2.33. The molecule has 0 amide bonds. The largest absolute Gasteiger partial charge is 0.388 e. The fourth-order valence-corrected chi connectivity index (χ4v) is 3.03. The van der Waals surface area contributed by atoms with Crippen LogP contribution in [0.15, 0.2) is 24.3 Å². The number of nitrogens with zero attached hydrogens (tertiary/aromatic N) is 3. The Morgan fingerprint density at radius 3 is 2.85 bits per heavy atom. The van der Waals surface area contributed by atoms with Crippen molar-refractivity contribution in [2.24, 2.45) is 7.05 Å². The Kier molecular flexibility index (Phi) is 3.44. The summed E-state index contributed by atoms with van der Waals surface area (Å²) in [5.74, 6) is 0. The van der Waals surface area contributed by atoms with Gasteiger partial charge in [-0.25, -0.2) is 0 Å². The summed E-state index contributed by atoms with van der Waals surface area (Å²) in [5, 5.41) is 15.2. The molecule has 1 atom stereocenters. The maximum absolute atomic E-state index is 10.1. The van der Waals surface area contributed by atoms with E-state index in [1.807, 2.05) is 36.9 Å². The molecule has 4 nitrogen and oxygen atoms in total. The van der Waals surface area contributed by atoms with Crippen LogP contribution in [0, 0.1) is 6.92 Å². The molecule has 1 aromatic carbocycles. The summed E-state index contributed by atoms with van der Waals surface area (Å²) in [4.78, 5) is 2.25. The summed E-state index contributed by atoms with van der Waals surface area (Å²) < 4.78 is 1.84. The standard InChI is InChI=1S/C15H18ClN3O/c1-10-15(16)13(18(2)17-10)9-19-8-7-14(20)11-5-3-4-6-12(11)19/h3-6,14,20H,7-9H2,1-2H3. The molecule has 0 aliphatic carbocycles.